The van der Waals surface area contributed by atoms with Crippen molar-refractivity contribution in [3.05, 3.63) is 39.7 Å². The Balaban J connectivity index is 2.42. The van der Waals surface area contributed by atoms with Gasteiger partial charge in [-0.1, -0.05) is 0 Å². The molecular weight excluding hydrogens is 281 g/mol. The van der Waals surface area contributed by atoms with E-state index in [0.29, 0.717) is 13.2 Å². The van der Waals surface area contributed by atoms with Crippen LogP contribution in [0.2, 0.25) is 0 Å². The number of nitrogens with zero attached hydrogens (tertiary/aromatic N) is 2. The average molecular weight is 299 g/mol. The van der Waals surface area contributed by atoms with Crippen molar-refractivity contribution >= 4 is 11.6 Å². The number of nitro groups is 1. The van der Waals surface area contributed by atoms with E-state index in [0.717, 1.165) is 18.7 Å². The zero-order valence-corrected chi connectivity index (χ0v) is 12.0. The van der Waals surface area contributed by atoms with Gasteiger partial charge in [0, 0.05) is 24.7 Å². The number of nitro benzene ring substituents is 1. The van der Waals surface area contributed by atoms with Crippen LogP contribution < -0.4 is 5.32 Å². The predicted molar refractivity (Wildman–Crippen MR) is 74.8 cm³/mol. The maximum atomic E-state index is 13.1. The third-order valence-corrected chi connectivity index (χ3v) is 2.62. The van der Waals surface area contributed by atoms with E-state index in [1.165, 1.54) is 6.07 Å². The van der Waals surface area contributed by atoms with Crippen molar-refractivity contribution in [2.24, 2.45) is 0 Å². The summed E-state index contributed by atoms with van der Waals surface area (Å²) in [6.07, 6.45) is 0. The highest BCUT2D eigenvalue weighted by Gasteiger charge is 2.17. The molecule has 0 fully saturated rings. The lowest BCUT2D eigenvalue weighted by molar-refractivity contribution is -0.387. The Kier molecular flexibility index (Phi) is 6.70. The summed E-state index contributed by atoms with van der Waals surface area (Å²) in [4.78, 5) is 23.4. The van der Waals surface area contributed by atoms with Crippen molar-refractivity contribution in [1.29, 1.82) is 0 Å². The zero-order chi connectivity index (χ0) is 15.8. The van der Waals surface area contributed by atoms with Crippen LogP contribution >= 0.6 is 0 Å². The summed E-state index contributed by atoms with van der Waals surface area (Å²) in [5.74, 6) is -1.47. The summed E-state index contributed by atoms with van der Waals surface area (Å²) in [6, 6.07) is 3.02. The maximum absolute atomic E-state index is 13.1. The molecule has 1 amide bonds. The minimum absolute atomic E-state index is 0.0383. The number of nitrogens with one attached hydrogen (secondary N) is 1. The van der Waals surface area contributed by atoms with Gasteiger partial charge in [-0.25, -0.2) is 0 Å². The van der Waals surface area contributed by atoms with Crippen LogP contribution in [0.3, 0.4) is 0 Å². The number of amides is 1. The topological polar surface area (TPSA) is 84.7 Å². The fourth-order valence-corrected chi connectivity index (χ4v) is 1.48. The second-order valence-electron chi connectivity index (χ2n) is 4.59. The molecule has 0 saturated heterocycles. The van der Waals surface area contributed by atoms with E-state index in [4.69, 9.17) is 4.74 Å². The lowest BCUT2D eigenvalue weighted by atomic mass is 10.2. The highest BCUT2D eigenvalue weighted by Crippen LogP contribution is 2.18. The van der Waals surface area contributed by atoms with Crippen molar-refractivity contribution in [3.8, 4) is 0 Å². The summed E-state index contributed by atoms with van der Waals surface area (Å²) >= 11 is 0. The Bertz CT molecular complexity index is 508. The monoisotopic (exact) mass is 299 g/mol. The molecule has 0 heterocycles. The van der Waals surface area contributed by atoms with Crippen molar-refractivity contribution in [2.75, 3.05) is 40.4 Å². The summed E-state index contributed by atoms with van der Waals surface area (Å²) in [6.45, 7) is 1.93. The van der Waals surface area contributed by atoms with Gasteiger partial charge in [-0.3, -0.25) is 14.9 Å². The van der Waals surface area contributed by atoms with Crippen LogP contribution in [-0.4, -0.2) is 56.1 Å². The molecule has 21 heavy (non-hydrogen) atoms. The van der Waals surface area contributed by atoms with Gasteiger partial charge in [0.25, 0.3) is 5.91 Å². The molecule has 0 radical (unpaired) electrons. The van der Waals surface area contributed by atoms with Crippen LogP contribution in [0.4, 0.5) is 10.1 Å². The van der Waals surface area contributed by atoms with Crippen LogP contribution in [-0.2, 0) is 4.74 Å². The lowest BCUT2D eigenvalue weighted by Gasteiger charge is -2.10. The summed E-state index contributed by atoms with van der Waals surface area (Å²) < 4.78 is 18.4. The number of rotatable bonds is 8. The molecule has 0 spiro atoms. The fourth-order valence-electron chi connectivity index (χ4n) is 1.48. The smallest absolute Gasteiger partial charge is 0.305 e. The molecule has 0 aliphatic rings. The minimum atomic E-state index is -0.969. The minimum Gasteiger partial charge on any atom is -0.378 e. The maximum Gasteiger partial charge on any atom is 0.305 e. The fraction of sp³-hybridized carbons (Fsp3) is 0.462. The molecule has 0 bridgehead atoms. The number of likely N-dealkylation sites (N-methyl/N-ethyl adjacent to an activating group) is 1. The Hall–Kier alpha value is -2.06. The second-order valence-corrected chi connectivity index (χ2v) is 4.59. The van der Waals surface area contributed by atoms with E-state index >= 15 is 0 Å². The summed E-state index contributed by atoms with van der Waals surface area (Å²) in [7, 11) is 3.85. The zero-order valence-electron chi connectivity index (χ0n) is 12.0. The normalized spacial score (nSPS) is 10.7. The van der Waals surface area contributed by atoms with Crippen molar-refractivity contribution < 1.29 is 18.8 Å². The number of halogens is 1. The number of carbonyl (C=O) groups is 1. The van der Waals surface area contributed by atoms with E-state index in [1.807, 2.05) is 19.0 Å². The summed E-state index contributed by atoms with van der Waals surface area (Å²) in [5, 5.41) is 13.1. The van der Waals surface area contributed by atoms with Gasteiger partial charge in [0.15, 0.2) is 0 Å². The number of benzene rings is 1. The molecule has 1 aromatic rings. The molecular formula is C13H18FN3O4. The largest absolute Gasteiger partial charge is 0.378 e. The molecule has 0 saturated carbocycles. The van der Waals surface area contributed by atoms with Crippen LogP contribution in [0, 0.1) is 15.9 Å². The molecule has 0 unspecified atom stereocenters. The molecule has 1 N–H and O–H groups in total. The first-order chi connectivity index (χ1) is 9.91. The first-order valence-corrected chi connectivity index (χ1v) is 6.36. The van der Waals surface area contributed by atoms with Gasteiger partial charge in [-0.15, -0.1) is 0 Å². The van der Waals surface area contributed by atoms with Crippen molar-refractivity contribution in [3.63, 3.8) is 0 Å². The van der Waals surface area contributed by atoms with Crippen LogP contribution in [0.5, 0.6) is 0 Å². The van der Waals surface area contributed by atoms with Crippen LogP contribution in [0.1, 0.15) is 10.4 Å². The molecule has 0 aliphatic heterocycles. The van der Waals surface area contributed by atoms with Gasteiger partial charge >= 0.3 is 5.69 Å². The third-order valence-electron chi connectivity index (χ3n) is 2.62. The van der Waals surface area contributed by atoms with E-state index in [2.05, 4.69) is 5.32 Å². The molecule has 116 valence electrons. The highest BCUT2D eigenvalue weighted by molar-refractivity contribution is 5.94. The Morgan fingerprint density at radius 2 is 2.14 bits per heavy atom. The van der Waals surface area contributed by atoms with Gasteiger partial charge in [0.2, 0.25) is 5.82 Å². The Morgan fingerprint density at radius 1 is 1.43 bits per heavy atom. The Labute approximate surface area is 121 Å². The second kappa shape index (κ2) is 8.28. The van der Waals surface area contributed by atoms with Crippen molar-refractivity contribution in [2.45, 2.75) is 0 Å². The average Bonchev–Trinajstić information content (AvgIpc) is 2.42. The number of hydrogen-bond donors (Lipinski definition) is 1. The summed E-state index contributed by atoms with van der Waals surface area (Å²) in [5.41, 5.74) is -0.679. The number of ether oxygens (including phenoxy) is 1. The molecule has 0 aliphatic carbocycles. The predicted octanol–water partition coefficient (Wildman–Crippen LogP) is 1.04. The van der Waals surface area contributed by atoms with Gasteiger partial charge in [0.1, 0.15) is 0 Å². The SMILES string of the molecule is CN(C)CCOCCNC(=O)c1ccc(F)c([N+](=O)[O-])c1. The van der Waals surface area contributed by atoms with Crippen LogP contribution in [0.15, 0.2) is 18.2 Å². The van der Waals surface area contributed by atoms with E-state index in [1.54, 1.807) is 0 Å². The van der Waals surface area contributed by atoms with Gasteiger partial charge in [-0.2, -0.15) is 4.39 Å². The van der Waals surface area contributed by atoms with Crippen molar-refractivity contribution in [1.82, 2.24) is 10.2 Å². The van der Waals surface area contributed by atoms with Gasteiger partial charge in [-0.05, 0) is 26.2 Å². The number of hydrogen-bond acceptors (Lipinski definition) is 5. The van der Waals surface area contributed by atoms with Gasteiger partial charge in [0.05, 0.1) is 18.1 Å². The first kappa shape index (κ1) is 17.0. The molecule has 0 aromatic heterocycles. The molecule has 1 rings (SSSR count). The van der Waals surface area contributed by atoms with E-state index < -0.39 is 22.3 Å². The Morgan fingerprint density at radius 3 is 2.76 bits per heavy atom. The molecule has 7 nitrogen and oxygen atoms in total. The highest BCUT2D eigenvalue weighted by atomic mass is 19.1. The lowest BCUT2D eigenvalue weighted by Crippen LogP contribution is -2.28. The molecule has 0 atom stereocenters. The standard InChI is InChI=1S/C13H18FN3O4/c1-16(2)6-8-21-7-5-15-13(18)10-3-4-11(14)12(9-10)17(19)20/h3-4,9H,5-8H2,1-2H3,(H,15,18). The quantitative estimate of drug-likeness (QED) is 0.440. The number of carbonyl (C=O) groups excluding carboxylic acids is 1. The van der Waals surface area contributed by atoms with E-state index in [-0.39, 0.29) is 12.1 Å². The third kappa shape index (κ3) is 5.84. The van der Waals surface area contributed by atoms with E-state index in [9.17, 15) is 19.3 Å². The molecule has 1 aromatic carbocycles. The van der Waals surface area contributed by atoms with Gasteiger partial charge < -0.3 is 15.0 Å². The molecule has 8 heteroatoms. The first-order valence-electron chi connectivity index (χ1n) is 6.36. The van der Waals surface area contributed by atoms with Crippen LogP contribution in [0.25, 0.3) is 0 Å².